The zero-order valence-corrected chi connectivity index (χ0v) is 12.4. The summed E-state index contributed by atoms with van der Waals surface area (Å²) in [5.74, 6) is -0.950. The van der Waals surface area contributed by atoms with Crippen molar-refractivity contribution in [3.63, 3.8) is 0 Å². The number of Topliss-reactive ketones (excluding diaryl/α,β-unsaturated/α-hetero) is 1. The molecule has 0 spiro atoms. The predicted molar refractivity (Wildman–Crippen MR) is 77.6 cm³/mol. The highest BCUT2D eigenvalue weighted by Gasteiger charge is 2.19. The largest absolute Gasteiger partial charge is 0.365 e. The number of halogens is 1. The van der Waals surface area contributed by atoms with Gasteiger partial charge in [-0.1, -0.05) is 6.07 Å². The van der Waals surface area contributed by atoms with Crippen LogP contribution in [0.1, 0.15) is 31.1 Å². The maximum Gasteiger partial charge on any atom is 0.242 e. The van der Waals surface area contributed by atoms with Crippen LogP contribution < -0.4 is 4.90 Å². The average Bonchev–Trinajstić information content (AvgIpc) is 2.39. The number of benzene rings is 1. The van der Waals surface area contributed by atoms with Crippen LogP contribution in [0.3, 0.4) is 0 Å². The third kappa shape index (κ3) is 3.56. The maximum atomic E-state index is 13.7. The molecule has 0 saturated carbocycles. The van der Waals surface area contributed by atoms with Crippen molar-refractivity contribution in [1.29, 1.82) is 0 Å². The van der Waals surface area contributed by atoms with E-state index in [9.17, 15) is 14.0 Å². The van der Waals surface area contributed by atoms with Crippen molar-refractivity contribution >= 4 is 17.4 Å². The first-order valence-electron chi connectivity index (χ1n) is 6.70. The predicted octanol–water partition coefficient (Wildman–Crippen LogP) is 2.33. The molecule has 5 heteroatoms. The summed E-state index contributed by atoms with van der Waals surface area (Å²) in [5.41, 5.74) is 0.473. The van der Waals surface area contributed by atoms with E-state index in [1.54, 1.807) is 22.9 Å². The van der Waals surface area contributed by atoms with Crippen LogP contribution in [0, 0.1) is 5.82 Å². The molecule has 0 aliphatic heterocycles. The number of likely N-dealkylation sites (N-methyl/N-ethyl adjacent to an activating group) is 2. The van der Waals surface area contributed by atoms with Crippen LogP contribution >= 0.6 is 0 Å². The molecule has 1 aromatic rings. The lowest BCUT2D eigenvalue weighted by Gasteiger charge is -2.25. The minimum absolute atomic E-state index is 0.0300. The van der Waals surface area contributed by atoms with Crippen LogP contribution in [0.2, 0.25) is 0 Å². The van der Waals surface area contributed by atoms with Crippen LogP contribution in [0.4, 0.5) is 10.1 Å². The van der Waals surface area contributed by atoms with E-state index in [4.69, 9.17) is 0 Å². The number of hydrogen-bond acceptors (Lipinski definition) is 3. The Hall–Kier alpha value is -1.91. The number of carbonyl (C=O) groups is 2. The molecule has 1 rings (SSSR count). The summed E-state index contributed by atoms with van der Waals surface area (Å²) in [6.45, 7) is 6.51. The lowest BCUT2D eigenvalue weighted by molar-refractivity contribution is -0.129. The van der Waals surface area contributed by atoms with E-state index in [1.165, 1.54) is 19.1 Å². The number of rotatable bonds is 6. The molecule has 0 radical (unpaired) electrons. The molecule has 0 atom stereocenters. The average molecular weight is 280 g/mol. The summed E-state index contributed by atoms with van der Waals surface area (Å²) in [6.07, 6.45) is 0. The van der Waals surface area contributed by atoms with Gasteiger partial charge >= 0.3 is 0 Å². The van der Waals surface area contributed by atoms with Gasteiger partial charge in [-0.2, -0.15) is 0 Å². The molecule has 0 fully saturated rings. The van der Waals surface area contributed by atoms with E-state index in [0.717, 1.165) is 0 Å². The Morgan fingerprint density at radius 1 is 1.20 bits per heavy atom. The minimum atomic E-state index is -0.558. The van der Waals surface area contributed by atoms with Crippen LogP contribution in [0.15, 0.2) is 18.2 Å². The normalized spacial score (nSPS) is 10.2. The molecule has 1 amide bonds. The number of ketones is 1. The highest BCUT2D eigenvalue weighted by Crippen LogP contribution is 2.22. The quantitative estimate of drug-likeness (QED) is 0.751. The van der Waals surface area contributed by atoms with Gasteiger partial charge in [-0.05, 0) is 32.9 Å². The van der Waals surface area contributed by atoms with Gasteiger partial charge in [-0.15, -0.1) is 0 Å². The first-order chi connectivity index (χ1) is 9.42. The van der Waals surface area contributed by atoms with Crippen molar-refractivity contribution in [2.75, 3.05) is 31.6 Å². The summed E-state index contributed by atoms with van der Waals surface area (Å²) in [7, 11) is 1.68. The molecule has 0 bridgehead atoms. The molecule has 0 aliphatic carbocycles. The Morgan fingerprint density at radius 3 is 2.30 bits per heavy atom. The summed E-state index contributed by atoms with van der Waals surface area (Å²) in [5, 5.41) is 0. The smallest absolute Gasteiger partial charge is 0.242 e. The van der Waals surface area contributed by atoms with E-state index in [-0.39, 0.29) is 23.8 Å². The van der Waals surface area contributed by atoms with Gasteiger partial charge in [-0.3, -0.25) is 9.59 Å². The number of hydrogen-bond donors (Lipinski definition) is 0. The van der Waals surface area contributed by atoms with E-state index < -0.39 is 5.82 Å². The highest BCUT2D eigenvalue weighted by atomic mass is 19.1. The van der Waals surface area contributed by atoms with Gasteiger partial charge in [0.25, 0.3) is 0 Å². The van der Waals surface area contributed by atoms with Gasteiger partial charge < -0.3 is 9.80 Å². The maximum absolute atomic E-state index is 13.7. The minimum Gasteiger partial charge on any atom is -0.365 e. The number of anilines is 1. The summed E-state index contributed by atoms with van der Waals surface area (Å²) < 4.78 is 13.7. The van der Waals surface area contributed by atoms with Crippen molar-refractivity contribution in [1.82, 2.24) is 4.90 Å². The Balaban J connectivity index is 2.99. The Kier molecular flexibility index (Phi) is 5.67. The molecule has 4 nitrogen and oxygen atoms in total. The molecule has 0 heterocycles. The van der Waals surface area contributed by atoms with Gasteiger partial charge in [0.1, 0.15) is 5.82 Å². The SMILES string of the molecule is CCN(CC)C(=O)CN(C)c1cccc(F)c1C(C)=O. The second-order valence-corrected chi connectivity index (χ2v) is 4.61. The molecule has 20 heavy (non-hydrogen) atoms. The molecular weight excluding hydrogens is 259 g/mol. The molecule has 1 aromatic carbocycles. The van der Waals surface area contributed by atoms with Crippen molar-refractivity contribution in [3.05, 3.63) is 29.6 Å². The first-order valence-corrected chi connectivity index (χ1v) is 6.70. The van der Waals surface area contributed by atoms with E-state index in [2.05, 4.69) is 0 Å². The fourth-order valence-electron chi connectivity index (χ4n) is 2.14. The van der Waals surface area contributed by atoms with E-state index >= 15 is 0 Å². The standard InChI is InChI=1S/C15H21FN2O2/c1-5-18(6-2)14(20)10-17(4)13-9-7-8-12(16)15(13)11(3)19/h7-9H,5-6,10H2,1-4H3. The summed E-state index contributed by atoms with van der Waals surface area (Å²) >= 11 is 0. The molecular formula is C15H21FN2O2. The fourth-order valence-corrected chi connectivity index (χ4v) is 2.14. The third-order valence-electron chi connectivity index (χ3n) is 3.24. The van der Waals surface area contributed by atoms with Crippen LogP contribution in [-0.4, -0.2) is 43.3 Å². The zero-order chi connectivity index (χ0) is 15.3. The van der Waals surface area contributed by atoms with Crippen LogP contribution in [-0.2, 0) is 4.79 Å². The summed E-state index contributed by atoms with van der Waals surface area (Å²) in [6, 6.07) is 4.44. The van der Waals surface area contributed by atoms with Crippen molar-refractivity contribution in [2.45, 2.75) is 20.8 Å². The lowest BCUT2D eigenvalue weighted by Crippen LogP contribution is -2.39. The molecule has 110 valence electrons. The van der Waals surface area contributed by atoms with E-state index in [0.29, 0.717) is 18.8 Å². The van der Waals surface area contributed by atoms with Gasteiger partial charge in [0.15, 0.2) is 5.78 Å². The molecule has 0 aliphatic rings. The van der Waals surface area contributed by atoms with E-state index in [1.807, 2.05) is 13.8 Å². The second-order valence-electron chi connectivity index (χ2n) is 4.61. The second kappa shape index (κ2) is 7.03. The summed E-state index contributed by atoms with van der Waals surface area (Å²) in [4.78, 5) is 26.9. The molecule has 0 saturated heterocycles. The molecule has 0 N–H and O–H groups in total. The lowest BCUT2D eigenvalue weighted by atomic mass is 10.1. The fraction of sp³-hybridized carbons (Fsp3) is 0.467. The number of carbonyl (C=O) groups excluding carboxylic acids is 2. The molecule has 0 unspecified atom stereocenters. The van der Waals surface area contributed by atoms with Crippen molar-refractivity contribution in [3.8, 4) is 0 Å². The first kappa shape index (κ1) is 16.1. The van der Waals surface area contributed by atoms with Gasteiger partial charge in [0, 0.05) is 20.1 Å². The van der Waals surface area contributed by atoms with Crippen molar-refractivity contribution < 1.29 is 14.0 Å². The van der Waals surface area contributed by atoms with Crippen LogP contribution in [0.25, 0.3) is 0 Å². The Labute approximate surface area is 119 Å². The van der Waals surface area contributed by atoms with Crippen molar-refractivity contribution in [2.24, 2.45) is 0 Å². The third-order valence-corrected chi connectivity index (χ3v) is 3.24. The monoisotopic (exact) mass is 280 g/mol. The van der Waals surface area contributed by atoms with Gasteiger partial charge in [0.2, 0.25) is 5.91 Å². The van der Waals surface area contributed by atoms with Gasteiger partial charge in [-0.25, -0.2) is 4.39 Å². The van der Waals surface area contributed by atoms with Gasteiger partial charge in [0.05, 0.1) is 17.8 Å². The Morgan fingerprint density at radius 2 is 1.80 bits per heavy atom. The topological polar surface area (TPSA) is 40.6 Å². The highest BCUT2D eigenvalue weighted by molar-refractivity contribution is 6.00. The molecule has 0 aromatic heterocycles. The number of nitrogens with zero attached hydrogens (tertiary/aromatic N) is 2. The zero-order valence-electron chi connectivity index (χ0n) is 12.4. The van der Waals surface area contributed by atoms with Crippen LogP contribution in [0.5, 0.6) is 0 Å². The Bertz CT molecular complexity index is 499. The number of amides is 1.